The van der Waals surface area contributed by atoms with E-state index in [9.17, 15) is 9.59 Å². The molecule has 3 fully saturated rings. The molecule has 130 valence electrons. The Morgan fingerprint density at radius 1 is 1.26 bits per heavy atom. The molecule has 3 amide bonds. The number of urea groups is 1. The van der Waals surface area contributed by atoms with Crippen LogP contribution >= 0.6 is 0 Å². The van der Waals surface area contributed by atoms with E-state index in [2.05, 4.69) is 10.6 Å². The van der Waals surface area contributed by atoms with Crippen molar-refractivity contribution in [1.29, 1.82) is 0 Å². The van der Waals surface area contributed by atoms with Crippen LogP contribution in [0.1, 0.15) is 39.5 Å². The maximum Gasteiger partial charge on any atom is 0.317 e. The van der Waals surface area contributed by atoms with Gasteiger partial charge in [-0.15, -0.1) is 0 Å². The van der Waals surface area contributed by atoms with E-state index in [0.717, 1.165) is 19.4 Å². The molecule has 3 aliphatic rings. The molecule has 0 spiro atoms. The van der Waals surface area contributed by atoms with Crippen molar-refractivity contribution in [1.82, 2.24) is 15.5 Å². The quantitative estimate of drug-likeness (QED) is 0.780. The second kappa shape index (κ2) is 7.05. The topological polar surface area (TPSA) is 79.9 Å². The summed E-state index contributed by atoms with van der Waals surface area (Å²) in [5.41, 5.74) is 0. The second-order valence-corrected chi connectivity index (χ2v) is 6.90. The summed E-state index contributed by atoms with van der Waals surface area (Å²) in [4.78, 5) is 26.2. The Balaban J connectivity index is 1.62. The van der Waals surface area contributed by atoms with Gasteiger partial charge in [-0.25, -0.2) is 4.79 Å². The summed E-state index contributed by atoms with van der Waals surface area (Å²) in [5.74, 6) is 0.0459. The maximum absolute atomic E-state index is 12.6. The van der Waals surface area contributed by atoms with Gasteiger partial charge in [-0.2, -0.15) is 0 Å². The third kappa shape index (κ3) is 3.95. The number of nitrogens with one attached hydrogen (secondary N) is 2. The lowest BCUT2D eigenvalue weighted by Gasteiger charge is -2.39. The van der Waals surface area contributed by atoms with E-state index < -0.39 is 0 Å². The molecule has 3 aliphatic heterocycles. The van der Waals surface area contributed by atoms with Crippen LogP contribution in [0.15, 0.2) is 0 Å². The molecule has 0 saturated carbocycles. The van der Waals surface area contributed by atoms with Crippen LogP contribution in [0.5, 0.6) is 0 Å². The van der Waals surface area contributed by atoms with E-state index in [-0.39, 0.29) is 42.3 Å². The minimum absolute atomic E-state index is 0.00656. The highest BCUT2D eigenvalue weighted by Gasteiger charge is 2.38. The average molecular weight is 325 g/mol. The summed E-state index contributed by atoms with van der Waals surface area (Å²) >= 11 is 0. The molecular formula is C16H27N3O4. The number of ether oxygens (including phenoxy) is 2. The number of rotatable bonds is 2. The Bertz CT molecular complexity index is 443. The molecule has 0 aromatic rings. The van der Waals surface area contributed by atoms with Crippen molar-refractivity contribution < 1.29 is 19.1 Å². The van der Waals surface area contributed by atoms with Crippen LogP contribution < -0.4 is 10.6 Å². The molecule has 5 atom stereocenters. The molecule has 7 nitrogen and oxygen atoms in total. The molecule has 3 rings (SSSR count). The number of hydrogen-bond acceptors (Lipinski definition) is 4. The zero-order valence-corrected chi connectivity index (χ0v) is 13.9. The molecule has 7 heteroatoms. The van der Waals surface area contributed by atoms with Crippen molar-refractivity contribution in [3.8, 4) is 0 Å². The Hall–Kier alpha value is -1.34. The van der Waals surface area contributed by atoms with Gasteiger partial charge in [0.1, 0.15) is 0 Å². The number of carbonyl (C=O) groups excluding carboxylic acids is 2. The van der Waals surface area contributed by atoms with E-state index in [4.69, 9.17) is 9.47 Å². The van der Waals surface area contributed by atoms with Gasteiger partial charge in [0.05, 0.1) is 30.4 Å². The van der Waals surface area contributed by atoms with Gasteiger partial charge < -0.3 is 25.0 Å². The number of piperidine rings is 1. The van der Waals surface area contributed by atoms with Gasteiger partial charge in [0, 0.05) is 26.1 Å². The zero-order valence-electron chi connectivity index (χ0n) is 13.9. The molecule has 0 bridgehead atoms. The van der Waals surface area contributed by atoms with Gasteiger partial charge in [-0.3, -0.25) is 4.79 Å². The lowest BCUT2D eigenvalue weighted by atomic mass is 9.92. The minimum Gasteiger partial charge on any atom is -0.376 e. The van der Waals surface area contributed by atoms with E-state index in [1.165, 1.54) is 0 Å². The maximum atomic E-state index is 12.6. The van der Waals surface area contributed by atoms with E-state index in [1.54, 1.807) is 0 Å². The smallest absolute Gasteiger partial charge is 0.317 e. The van der Waals surface area contributed by atoms with Crippen LogP contribution in [-0.4, -0.2) is 66.9 Å². The van der Waals surface area contributed by atoms with Crippen molar-refractivity contribution >= 4 is 11.9 Å². The highest BCUT2D eigenvalue weighted by atomic mass is 16.5. The van der Waals surface area contributed by atoms with Crippen LogP contribution in [-0.2, 0) is 14.3 Å². The number of hydrogen-bond donors (Lipinski definition) is 2. The summed E-state index contributed by atoms with van der Waals surface area (Å²) < 4.78 is 11.4. The van der Waals surface area contributed by atoms with Crippen molar-refractivity contribution in [2.45, 2.75) is 69.9 Å². The monoisotopic (exact) mass is 325 g/mol. The predicted octanol–water partition coefficient (Wildman–Crippen LogP) is 0.631. The number of amides is 3. The Kier molecular flexibility index (Phi) is 5.06. The third-order valence-electron chi connectivity index (χ3n) is 4.82. The average Bonchev–Trinajstić information content (AvgIpc) is 3.02. The van der Waals surface area contributed by atoms with Gasteiger partial charge in [-0.05, 0) is 33.1 Å². The standard InChI is InChI=1S/C16H27N3O4/c1-10-8-19(9-11(2)23-10)16(21)17-12-5-6-14(20)18-15(12)13-4-3-7-22-13/h10-13,15H,3-9H2,1-2H3,(H,17,21)(H,18,20). The van der Waals surface area contributed by atoms with Gasteiger partial charge >= 0.3 is 6.03 Å². The second-order valence-electron chi connectivity index (χ2n) is 6.90. The van der Waals surface area contributed by atoms with E-state index in [0.29, 0.717) is 25.9 Å². The summed E-state index contributed by atoms with van der Waals surface area (Å²) in [6.07, 6.45) is 3.15. The van der Waals surface area contributed by atoms with E-state index >= 15 is 0 Å². The van der Waals surface area contributed by atoms with Crippen LogP contribution in [0.3, 0.4) is 0 Å². The van der Waals surface area contributed by atoms with Gasteiger partial charge in [0.25, 0.3) is 0 Å². The lowest BCUT2D eigenvalue weighted by Crippen LogP contribution is -2.62. The first-order chi connectivity index (χ1) is 11.0. The predicted molar refractivity (Wildman–Crippen MR) is 84.0 cm³/mol. The molecule has 5 unspecified atom stereocenters. The molecule has 0 aromatic heterocycles. The highest BCUT2D eigenvalue weighted by molar-refractivity contribution is 5.79. The molecular weight excluding hydrogens is 298 g/mol. The molecule has 23 heavy (non-hydrogen) atoms. The van der Waals surface area contributed by atoms with Crippen molar-refractivity contribution in [3.63, 3.8) is 0 Å². The van der Waals surface area contributed by atoms with Gasteiger partial charge in [-0.1, -0.05) is 0 Å². The summed E-state index contributed by atoms with van der Waals surface area (Å²) in [6, 6.07) is -0.272. The summed E-state index contributed by atoms with van der Waals surface area (Å²) in [5, 5.41) is 6.13. The SMILES string of the molecule is CC1CN(C(=O)NC2CCC(=O)NC2C2CCCO2)CC(C)O1. The van der Waals surface area contributed by atoms with Crippen molar-refractivity contribution in [2.75, 3.05) is 19.7 Å². The van der Waals surface area contributed by atoms with Crippen molar-refractivity contribution in [3.05, 3.63) is 0 Å². The van der Waals surface area contributed by atoms with Gasteiger partial charge in [0.15, 0.2) is 0 Å². The van der Waals surface area contributed by atoms with Crippen LogP contribution in [0, 0.1) is 0 Å². The lowest BCUT2D eigenvalue weighted by molar-refractivity contribution is -0.125. The van der Waals surface area contributed by atoms with E-state index in [1.807, 2.05) is 18.7 Å². The van der Waals surface area contributed by atoms with Gasteiger partial charge in [0.2, 0.25) is 5.91 Å². The Morgan fingerprint density at radius 3 is 2.65 bits per heavy atom. The zero-order chi connectivity index (χ0) is 16.4. The van der Waals surface area contributed by atoms with Crippen molar-refractivity contribution in [2.24, 2.45) is 0 Å². The molecule has 3 heterocycles. The summed E-state index contributed by atoms with van der Waals surface area (Å²) in [7, 11) is 0. The molecule has 0 radical (unpaired) electrons. The first-order valence-corrected chi connectivity index (χ1v) is 8.65. The van der Waals surface area contributed by atoms with Crippen LogP contribution in [0.4, 0.5) is 4.79 Å². The fourth-order valence-electron chi connectivity index (χ4n) is 3.82. The largest absolute Gasteiger partial charge is 0.376 e. The Morgan fingerprint density at radius 2 is 2.00 bits per heavy atom. The van der Waals surface area contributed by atoms with Crippen LogP contribution in [0.2, 0.25) is 0 Å². The fourth-order valence-corrected chi connectivity index (χ4v) is 3.82. The number of carbonyl (C=O) groups is 2. The molecule has 2 N–H and O–H groups in total. The normalized spacial score (nSPS) is 38.3. The first-order valence-electron chi connectivity index (χ1n) is 8.65. The number of morpholine rings is 1. The van der Waals surface area contributed by atoms with Crippen LogP contribution in [0.25, 0.3) is 0 Å². The minimum atomic E-state index is -0.126. The Labute approximate surface area is 137 Å². The molecule has 0 aromatic carbocycles. The molecule has 0 aliphatic carbocycles. The fraction of sp³-hybridized carbons (Fsp3) is 0.875. The first kappa shape index (κ1) is 16.5. The number of nitrogens with zero attached hydrogens (tertiary/aromatic N) is 1. The third-order valence-corrected chi connectivity index (χ3v) is 4.82. The molecule has 3 saturated heterocycles. The summed E-state index contributed by atoms with van der Waals surface area (Å²) in [6.45, 7) is 5.88. The highest BCUT2D eigenvalue weighted by Crippen LogP contribution is 2.23.